The van der Waals surface area contributed by atoms with E-state index in [9.17, 15) is 25.2 Å². The molecule has 4 aromatic carbocycles. The largest absolute Gasteiger partial charge is 0.508 e. The van der Waals surface area contributed by atoms with Gasteiger partial charge in [-0.05, 0) is 102 Å². The fourth-order valence-electron chi connectivity index (χ4n) is 7.99. The van der Waals surface area contributed by atoms with Crippen LogP contribution in [0.15, 0.2) is 94.7 Å². The predicted molar refractivity (Wildman–Crippen MR) is 214 cm³/mol. The van der Waals surface area contributed by atoms with Crippen molar-refractivity contribution in [3.05, 3.63) is 107 Å². The predicted octanol–water partition coefficient (Wildman–Crippen LogP) is 11.5. The van der Waals surface area contributed by atoms with E-state index in [1.54, 1.807) is 42.1 Å². The maximum absolute atomic E-state index is 10.7. The lowest BCUT2D eigenvalue weighted by atomic mass is 9.68. The van der Waals surface area contributed by atoms with Crippen LogP contribution >= 0.6 is 23.5 Å². The minimum absolute atomic E-state index is 0.0363. The fourth-order valence-corrected chi connectivity index (χ4v) is 10.8. The third kappa shape index (κ3) is 9.42. The highest BCUT2D eigenvalue weighted by molar-refractivity contribution is 7.99. The third-order valence-electron chi connectivity index (χ3n) is 11.1. The van der Waals surface area contributed by atoms with Crippen LogP contribution < -0.4 is 0 Å². The van der Waals surface area contributed by atoms with Crippen molar-refractivity contribution in [3.63, 3.8) is 0 Å². The minimum atomic E-state index is -0.737. The summed E-state index contributed by atoms with van der Waals surface area (Å²) < 4.78 is 0. The molecule has 0 saturated heterocycles. The molecule has 52 heavy (non-hydrogen) atoms. The molecule has 5 N–H and O–H groups in total. The number of phenolic OH excluding ortho intramolecular Hbond substituents is 4. The van der Waals surface area contributed by atoms with Crippen LogP contribution in [0.2, 0.25) is 0 Å². The summed E-state index contributed by atoms with van der Waals surface area (Å²) in [5.41, 5.74) is 5.04. The molecule has 4 atom stereocenters. The van der Waals surface area contributed by atoms with Gasteiger partial charge >= 0.3 is 5.97 Å². The smallest absolute Gasteiger partial charge is 0.303 e. The second-order valence-electron chi connectivity index (χ2n) is 14.9. The van der Waals surface area contributed by atoms with Crippen molar-refractivity contribution in [3.8, 4) is 23.0 Å². The first kappa shape index (κ1) is 39.5. The maximum Gasteiger partial charge on any atom is 0.303 e. The third-order valence-corrected chi connectivity index (χ3v) is 13.9. The van der Waals surface area contributed by atoms with E-state index in [1.807, 2.05) is 48.2 Å². The van der Waals surface area contributed by atoms with E-state index in [4.69, 9.17) is 5.11 Å². The van der Waals surface area contributed by atoms with Gasteiger partial charge < -0.3 is 25.5 Å². The fraction of sp³-hybridized carbons (Fsp3) is 0.432. The summed E-state index contributed by atoms with van der Waals surface area (Å²) in [6.07, 6.45) is 9.97. The molecule has 0 aliphatic carbocycles. The van der Waals surface area contributed by atoms with Gasteiger partial charge in [0.1, 0.15) is 23.0 Å². The first-order valence-corrected chi connectivity index (χ1v) is 20.6. The topological polar surface area (TPSA) is 118 Å². The Morgan fingerprint density at radius 1 is 0.596 bits per heavy atom. The molecular formula is C44H54O6S2. The summed E-state index contributed by atoms with van der Waals surface area (Å²) in [4.78, 5) is 13.1. The van der Waals surface area contributed by atoms with E-state index in [0.29, 0.717) is 23.8 Å². The summed E-state index contributed by atoms with van der Waals surface area (Å²) >= 11 is 3.59. The van der Waals surface area contributed by atoms with Crippen molar-refractivity contribution >= 4 is 29.5 Å². The van der Waals surface area contributed by atoms with Crippen LogP contribution in [0.25, 0.3) is 0 Å². The average Bonchev–Trinajstić information content (AvgIpc) is 3.12. The summed E-state index contributed by atoms with van der Waals surface area (Å²) in [6, 6.07) is 26.7. The number of hydrogen-bond acceptors (Lipinski definition) is 7. The Morgan fingerprint density at radius 3 is 1.40 bits per heavy atom. The number of carboxylic acid groups (broad SMARTS) is 1. The number of unbranched alkanes of at least 4 members (excludes halogenated alkanes) is 5. The Bertz CT molecular complexity index is 1770. The van der Waals surface area contributed by atoms with Crippen molar-refractivity contribution < 1.29 is 30.3 Å². The van der Waals surface area contributed by atoms with Gasteiger partial charge in [0.15, 0.2) is 0 Å². The SMILES string of the molecule is CCCCCC[C@@H]1c2ccc(O)cc2SC[C@]1(C)c1ccc(O)cc1.C[C@]1(c2ccc(O)cc2)CSc2cc(O)ccc2[C@H]1CCCCCC(=O)O. The molecule has 278 valence electrons. The van der Waals surface area contributed by atoms with E-state index in [0.717, 1.165) is 42.1 Å². The number of rotatable bonds is 13. The molecule has 0 spiro atoms. The maximum atomic E-state index is 10.7. The van der Waals surface area contributed by atoms with Gasteiger partial charge in [0.25, 0.3) is 0 Å². The van der Waals surface area contributed by atoms with Gasteiger partial charge in [-0.2, -0.15) is 0 Å². The van der Waals surface area contributed by atoms with Gasteiger partial charge in [-0.1, -0.05) is 95.7 Å². The number of phenols is 4. The number of aromatic hydroxyl groups is 4. The van der Waals surface area contributed by atoms with E-state index >= 15 is 0 Å². The number of benzene rings is 4. The lowest BCUT2D eigenvalue weighted by Crippen LogP contribution is -2.36. The van der Waals surface area contributed by atoms with Gasteiger partial charge in [0.05, 0.1) is 0 Å². The second kappa shape index (κ2) is 17.8. The van der Waals surface area contributed by atoms with Gasteiger partial charge in [-0.25, -0.2) is 0 Å². The molecule has 0 fully saturated rings. The average molecular weight is 743 g/mol. The Kier molecular flexibility index (Phi) is 13.5. The Morgan fingerprint density at radius 2 is 1.00 bits per heavy atom. The summed E-state index contributed by atoms with van der Waals surface area (Å²) in [7, 11) is 0. The Labute approximate surface area is 317 Å². The number of carboxylic acids is 1. The van der Waals surface area contributed by atoms with E-state index < -0.39 is 5.97 Å². The summed E-state index contributed by atoms with van der Waals surface area (Å²) in [5, 5.41) is 47.9. The van der Waals surface area contributed by atoms with Crippen molar-refractivity contribution in [1.82, 2.24) is 0 Å². The highest BCUT2D eigenvalue weighted by Gasteiger charge is 2.42. The van der Waals surface area contributed by atoms with Crippen molar-refractivity contribution in [2.45, 2.75) is 117 Å². The lowest BCUT2D eigenvalue weighted by molar-refractivity contribution is -0.137. The molecule has 8 heteroatoms. The van der Waals surface area contributed by atoms with Crippen LogP contribution in [0, 0.1) is 0 Å². The van der Waals surface area contributed by atoms with Gasteiger partial charge in [0.2, 0.25) is 0 Å². The van der Waals surface area contributed by atoms with E-state index in [1.165, 1.54) is 52.8 Å². The van der Waals surface area contributed by atoms with Crippen LogP contribution in [-0.2, 0) is 15.6 Å². The zero-order valence-electron chi connectivity index (χ0n) is 30.7. The summed E-state index contributed by atoms with van der Waals surface area (Å²) in [6.45, 7) is 6.87. The second-order valence-corrected chi connectivity index (χ2v) is 16.9. The molecule has 0 aromatic heterocycles. The van der Waals surface area contributed by atoms with Crippen LogP contribution in [0.4, 0.5) is 0 Å². The normalized spacial score (nSPS) is 22.1. The van der Waals surface area contributed by atoms with Crippen LogP contribution in [0.5, 0.6) is 23.0 Å². The quantitative estimate of drug-likeness (QED) is 0.0859. The molecule has 2 aliphatic rings. The van der Waals surface area contributed by atoms with Crippen LogP contribution in [0.1, 0.15) is 119 Å². The van der Waals surface area contributed by atoms with Crippen molar-refractivity contribution in [2.24, 2.45) is 0 Å². The molecule has 0 amide bonds. The summed E-state index contributed by atoms with van der Waals surface area (Å²) in [5.74, 6) is 3.09. The van der Waals surface area contributed by atoms with Crippen LogP contribution in [0.3, 0.4) is 0 Å². The van der Waals surface area contributed by atoms with Gasteiger partial charge in [-0.15, -0.1) is 23.5 Å². The highest BCUT2D eigenvalue weighted by atomic mass is 32.2. The molecule has 4 aromatic rings. The monoisotopic (exact) mass is 742 g/mol. The number of fused-ring (bicyclic) bond motifs is 2. The molecule has 0 radical (unpaired) electrons. The zero-order chi connectivity index (χ0) is 37.3. The number of carbonyl (C=O) groups is 1. The molecular weight excluding hydrogens is 689 g/mol. The molecule has 6 rings (SSSR count). The zero-order valence-corrected chi connectivity index (χ0v) is 32.3. The first-order chi connectivity index (χ1) is 24.9. The van der Waals surface area contributed by atoms with Crippen LogP contribution in [-0.4, -0.2) is 43.0 Å². The molecule has 2 aliphatic heterocycles. The number of hydrogen-bond donors (Lipinski definition) is 5. The molecule has 0 bridgehead atoms. The van der Waals surface area contributed by atoms with E-state index in [2.05, 4.69) is 39.0 Å². The molecule has 0 saturated carbocycles. The Balaban J connectivity index is 0.000000202. The van der Waals surface area contributed by atoms with Gasteiger partial charge in [-0.3, -0.25) is 4.79 Å². The van der Waals surface area contributed by atoms with Crippen molar-refractivity contribution in [1.29, 1.82) is 0 Å². The van der Waals surface area contributed by atoms with Gasteiger partial charge in [0, 0.05) is 38.5 Å². The molecule has 2 heterocycles. The lowest BCUT2D eigenvalue weighted by Gasteiger charge is -2.43. The number of thioether (sulfide) groups is 2. The molecule has 0 unspecified atom stereocenters. The highest BCUT2D eigenvalue weighted by Crippen LogP contribution is 2.54. The standard InChI is InChI=1S/C22H26O4S.C22H28O2S/c1-22(15-7-9-16(23)10-8-15)14-27-20-13-17(24)11-12-18(20)19(22)5-3-2-4-6-21(25)26;1-3-4-5-6-7-20-19-13-12-18(24)14-21(19)25-15-22(20,2)16-8-10-17(23)11-9-16/h7-13,19,23-24H,2-6,14H2,1H3,(H,25,26);8-14,20,23-24H,3-7,15H2,1-2H3/t19-,22-;20-,22-/m11/s1. The first-order valence-electron chi connectivity index (χ1n) is 18.7. The van der Waals surface area contributed by atoms with E-state index in [-0.39, 0.29) is 34.7 Å². The number of aliphatic carboxylic acids is 1. The molecule has 6 nitrogen and oxygen atoms in total. The van der Waals surface area contributed by atoms with Crippen molar-refractivity contribution in [2.75, 3.05) is 11.5 Å². The minimum Gasteiger partial charge on any atom is -0.508 e. The Hall–Kier alpha value is -3.75.